The molecule has 0 amide bonds. The molecule has 0 aromatic carbocycles. The first-order valence-electron chi connectivity index (χ1n) is 10.5. The maximum absolute atomic E-state index is 5.93. The van der Waals surface area contributed by atoms with Crippen LogP contribution in [0.25, 0.3) is 22.3 Å². The van der Waals surface area contributed by atoms with Crippen molar-refractivity contribution in [3.05, 3.63) is 49.6 Å². The molecule has 0 atom stereocenters. The summed E-state index contributed by atoms with van der Waals surface area (Å²) in [5.74, 6) is 2.31. The minimum absolute atomic E-state index is 0.418. The number of ether oxygens (including phenoxy) is 1. The third-order valence-corrected chi connectivity index (χ3v) is 6.30. The molecule has 0 bridgehead atoms. The summed E-state index contributed by atoms with van der Waals surface area (Å²) in [5.41, 5.74) is 2.17. The highest BCUT2D eigenvalue weighted by molar-refractivity contribution is 5.95. The van der Waals surface area contributed by atoms with Gasteiger partial charge in [-0.05, 0) is 43.4 Å². The molecule has 0 unspecified atom stereocenters. The van der Waals surface area contributed by atoms with E-state index in [4.69, 9.17) is 14.7 Å². The van der Waals surface area contributed by atoms with Gasteiger partial charge in [-0.25, -0.2) is 9.97 Å². The lowest BCUT2D eigenvalue weighted by atomic mass is 9.78. The maximum atomic E-state index is 5.93. The molecule has 2 saturated heterocycles. The van der Waals surface area contributed by atoms with E-state index in [2.05, 4.69) is 26.8 Å². The van der Waals surface area contributed by atoms with Crippen LogP contribution in [0.15, 0.2) is 49.6 Å². The zero-order valence-corrected chi connectivity index (χ0v) is 17.0. The molecule has 30 heavy (non-hydrogen) atoms. The molecule has 1 spiro atoms. The summed E-state index contributed by atoms with van der Waals surface area (Å²) in [7, 11) is 0. The van der Waals surface area contributed by atoms with Crippen molar-refractivity contribution < 1.29 is 4.74 Å². The lowest BCUT2D eigenvalue weighted by molar-refractivity contribution is 0.247. The molecule has 5 rings (SSSR count). The fraction of sp³-hybridized carbons (Fsp3) is 0.391. The van der Waals surface area contributed by atoms with Crippen LogP contribution >= 0.6 is 0 Å². The second-order valence-corrected chi connectivity index (χ2v) is 8.15. The number of piperidine rings is 1. The summed E-state index contributed by atoms with van der Waals surface area (Å²) in [4.78, 5) is 20.7. The van der Waals surface area contributed by atoms with E-state index < -0.39 is 0 Å². The minimum atomic E-state index is 0.418. The highest BCUT2D eigenvalue weighted by Gasteiger charge is 2.37. The molecule has 2 aliphatic rings. The molecule has 154 valence electrons. The summed E-state index contributed by atoms with van der Waals surface area (Å²) in [6, 6.07) is 3.87. The molecule has 1 N–H and O–H groups in total. The van der Waals surface area contributed by atoms with Gasteiger partial charge in [0.25, 0.3) is 0 Å². The van der Waals surface area contributed by atoms with Crippen molar-refractivity contribution in [1.82, 2.24) is 25.3 Å². The lowest BCUT2D eigenvalue weighted by Gasteiger charge is -2.39. The number of rotatable bonds is 5. The third-order valence-electron chi connectivity index (χ3n) is 6.30. The summed E-state index contributed by atoms with van der Waals surface area (Å²) >= 11 is 0. The van der Waals surface area contributed by atoms with Crippen LogP contribution < -0.4 is 15.0 Å². The van der Waals surface area contributed by atoms with Gasteiger partial charge in [-0.2, -0.15) is 0 Å². The maximum Gasteiger partial charge on any atom is 0.162 e. The molecule has 0 aliphatic carbocycles. The molecule has 0 saturated carbocycles. The van der Waals surface area contributed by atoms with Crippen molar-refractivity contribution in [3.8, 4) is 17.1 Å². The van der Waals surface area contributed by atoms with Crippen molar-refractivity contribution in [3.63, 3.8) is 0 Å². The summed E-state index contributed by atoms with van der Waals surface area (Å²) in [6.07, 6.45) is 12.4. The van der Waals surface area contributed by atoms with E-state index in [0.29, 0.717) is 23.6 Å². The van der Waals surface area contributed by atoms with Crippen LogP contribution in [0.4, 0.5) is 5.82 Å². The van der Waals surface area contributed by atoms with Crippen LogP contribution in [0.3, 0.4) is 0 Å². The van der Waals surface area contributed by atoms with Crippen molar-refractivity contribution in [1.29, 1.82) is 0 Å². The second-order valence-electron chi connectivity index (χ2n) is 8.15. The van der Waals surface area contributed by atoms with Gasteiger partial charge in [0, 0.05) is 37.6 Å². The Bertz CT molecular complexity index is 1040. The van der Waals surface area contributed by atoms with Crippen LogP contribution in [0.2, 0.25) is 0 Å². The first kappa shape index (κ1) is 18.9. The van der Waals surface area contributed by atoms with Gasteiger partial charge in [-0.3, -0.25) is 9.97 Å². The molecule has 2 aliphatic heterocycles. The van der Waals surface area contributed by atoms with Gasteiger partial charge in [-0.1, -0.05) is 12.7 Å². The highest BCUT2D eigenvalue weighted by Crippen LogP contribution is 2.40. The number of aromatic nitrogens is 4. The number of hydrogen-bond donors (Lipinski definition) is 1. The van der Waals surface area contributed by atoms with Crippen LogP contribution in [0, 0.1) is 5.41 Å². The van der Waals surface area contributed by atoms with E-state index in [1.165, 1.54) is 19.3 Å². The van der Waals surface area contributed by atoms with Gasteiger partial charge in [0.15, 0.2) is 11.6 Å². The van der Waals surface area contributed by atoms with E-state index in [1.54, 1.807) is 30.9 Å². The second kappa shape index (κ2) is 7.99. The van der Waals surface area contributed by atoms with Gasteiger partial charge >= 0.3 is 0 Å². The van der Waals surface area contributed by atoms with Crippen molar-refractivity contribution >= 4 is 16.7 Å². The van der Waals surface area contributed by atoms with Crippen LogP contribution in [-0.2, 0) is 0 Å². The average molecular weight is 403 g/mol. The van der Waals surface area contributed by atoms with Crippen molar-refractivity contribution in [2.45, 2.75) is 19.3 Å². The van der Waals surface area contributed by atoms with E-state index >= 15 is 0 Å². The summed E-state index contributed by atoms with van der Waals surface area (Å²) in [5, 5.41) is 4.46. The number of fused-ring (bicyclic) bond motifs is 1. The SMILES string of the molecule is C=CCOc1cncc2nc(-c3ccncc3)nc(N3CCC4(CCNC4)CC3)c12. The van der Waals surface area contributed by atoms with Gasteiger partial charge in [0.05, 0.1) is 23.3 Å². The summed E-state index contributed by atoms with van der Waals surface area (Å²) < 4.78 is 5.93. The van der Waals surface area contributed by atoms with E-state index in [0.717, 1.165) is 48.5 Å². The quantitative estimate of drug-likeness (QED) is 0.657. The number of nitrogens with one attached hydrogen (secondary N) is 1. The Morgan fingerprint density at radius 2 is 1.93 bits per heavy atom. The van der Waals surface area contributed by atoms with Gasteiger partial charge in [0.2, 0.25) is 0 Å². The number of anilines is 1. The standard InChI is InChI=1S/C23H26N6O/c1-2-13-30-19-15-26-14-18-20(19)22(28-21(27-18)17-3-8-24-9-4-17)29-11-6-23(7-12-29)5-10-25-16-23/h2-4,8-9,14-15,25H,1,5-7,10-13,16H2. The Morgan fingerprint density at radius 1 is 1.10 bits per heavy atom. The largest absolute Gasteiger partial charge is 0.487 e. The molecule has 3 aromatic rings. The Kier molecular flexibility index (Phi) is 5.04. The predicted octanol–water partition coefficient (Wildman–Crippen LogP) is 3.23. The first-order chi connectivity index (χ1) is 14.8. The molecular weight excluding hydrogens is 376 g/mol. The summed E-state index contributed by atoms with van der Waals surface area (Å²) in [6.45, 7) is 8.40. The molecule has 2 fully saturated rings. The molecule has 3 aromatic heterocycles. The molecule has 7 heteroatoms. The molecule has 5 heterocycles. The minimum Gasteiger partial charge on any atom is -0.487 e. The topological polar surface area (TPSA) is 76.1 Å². The fourth-order valence-corrected chi connectivity index (χ4v) is 4.57. The number of pyridine rings is 2. The van der Waals surface area contributed by atoms with Crippen LogP contribution in [0.5, 0.6) is 5.75 Å². The third kappa shape index (κ3) is 3.50. The van der Waals surface area contributed by atoms with E-state index in [9.17, 15) is 0 Å². The Morgan fingerprint density at radius 3 is 2.67 bits per heavy atom. The zero-order valence-electron chi connectivity index (χ0n) is 17.0. The van der Waals surface area contributed by atoms with Crippen LogP contribution in [0.1, 0.15) is 19.3 Å². The molecule has 0 radical (unpaired) electrons. The fourth-order valence-electron chi connectivity index (χ4n) is 4.57. The predicted molar refractivity (Wildman–Crippen MR) is 118 cm³/mol. The molecular formula is C23H26N6O. The Labute approximate surface area is 176 Å². The zero-order chi connectivity index (χ0) is 20.4. The van der Waals surface area contributed by atoms with Crippen LogP contribution in [-0.4, -0.2) is 52.7 Å². The Balaban J connectivity index is 1.59. The lowest BCUT2D eigenvalue weighted by Crippen LogP contribution is -2.41. The highest BCUT2D eigenvalue weighted by atomic mass is 16.5. The van der Waals surface area contributed by atoms with Crippen molar-refractivity contribution in [2.75, 3.05) is 37.7 Å². The van der Waals surface area contributed by atoms with Gasteiger partial charge in [0.1, 0.15) is 12.4 Å². The van der Waals surface area contributed by atoms with Crippen molar-refractivity contribution in [2.24, 2.45) is 5.41 Å². The smallest absolute Gasteiger partial charge is 0.162 e. The average Bonchev–Trinajstić information content (AvgIpc) is 3.26. The number of nitrogens with zero attached hydrogens (tertiary/aromatic N) is 5. The van der Waals surface area contributed by atoms with E-state index in [-0.39, 0.29) is 0 Å². The van der Waals surface area contributed by atoms with E-state index in [1.807, 2.05) is 12.1 Å². The van der Waals surface area contributed by atoms with Gasteiger partial charge < -0.3 is 15.0 Å². The molecule has 7 nitrogen and oxygen atoms in total. The van der Waals surface area contributed by atoms with Gasteiger partial charge in [-0.15, -0.1) is 0 Å². The normalized spacial score (nSPS) is 18.1. The monoisotopic (exact) mass is 402 g/mol. The first-order valence-corrected chi connectivity index (χ1v) is 10.5. The number of hydrogen-bond acceptors (Lipinski definition) is 7. The Hall–Kier alpha value is -3.06.